The van der Waals surface area contributed by atoms with Gasteiger partial charge in [-0.05, 0) is 49.3 Å². The molecule has 1 aromatic carbocycles. The standard InChI is InChI=1S/C16H25NO2S/c1-11-8-9-13(3)16(10-11)20(18,19)17-15-7-5-6-12(2)14(15)4/h8-10,12,14-15,17H,5-7H2,1-4H3/t12-,14+,15-/m1/s1. The van der Waals surface area contributed by atoms with Crippen molar-refractivity contribution in [2.75, 3.05) is 0 Å². The van der Waals surface area contributed by atoms with Crippen LogP contribution in [0.15, 0.2) is 23.1 Å². The number of hydrogen-bond acceptors (Lipinski definition) is 2. The average molecular weight is 295 g/mol. The van der Waals surface area contributed by atoms with E-state index >= 15 is 0 Å². The van der Waals surface area contributed by atoms with Crippen molar-refractivity contribution in [3.05, 3.63) is 29.3 Å². The molecule has 1 fully saturated rings. The van der Waals surface area contributed by atoms with Gasteiger partial charge in [0.15, 0.2) is 0 Å². The Morgan fingerprint density at radius 3 is 2.55 bits per heavy atom. The minimum Gasteiger partial charge on any atom is -0.208 e. The molecule has 2 rings (SSSR count). The molecule has 1 N–H and O–H groups in total. The van der Waals surface area contributed by atoms with Gasteiger partial charge in [0.2, 0.25) is 10.0 Å². The van der Waals surface area contributed by atoms with Gasteiger partial charge in [0.1, 0.15) is 0 Å². The lowest BCUT2D eigenvalue weighted by atomic mass is 9.78. The Labute approximate surface area is 122 Å². The molecule has 1 aliphatic carbocycles. The van der Waals surface area contributed by atoms with Crippen LogP contribution in [0.3, 0.4) is 0 Å². The highest BCUT2D eigenvalue weighted by Crippen LogP contribution is 2.30. The zero-order valence-electron chi connectivity index (χ0n) is 12.8. The van der Waals surface area contributed by atoms with E-state index in [0.29, 0.717) is 16.7 Å². The monoisotopic (exact) mass is 295 g/mol. The highest BCUT2D eigenvalue weighted by Gasteiger charge is 2.31. The van der Waals surface area contributed by atoms with Gasteiger partial charge in [-0.2, -0.15) is 0 Å². The second-order valence-corrected chi connectivity index (χ2v) is 7.95. The molecule has 4 heteroatoms. The van der Waals surface area contributed by atoms with Crippen LogP contribution >= 0.6 is 0 Å². The third kappa shape index (κ3) is 3.23. The van der Waals surface area contributed by atoms with Gasteiger partial charge in [0.25, 0.3) is 0 Å². The number of benzene rings is 1. The van der Waals surface area contributed by atoms with E-state index in [4.69, 9.17) is 0 Å². The van der Waals surface area contributed by atoms with Crippen molar-refractivity contribution in [1.82, 2.24) is 4.72 Å². The van der Waals surface area contributed by atoms with Crippen LogP contribution in [0.4, 0.5) is 0 Å². The molecule has 20 heavy (non-hydrogen) atoms. The SMILES string of the molecule is Cc1ccc(C)c(S(=O)(=O)N[C@@H]2CCC[C@@H](C)[C@@H]2C)c1. The van der Waals surface area contributed by atoms with Gasteiger partial charge in [-0.15, -0.1) is 0 Å². The summed E-state index contributed by atoms with van der Waals surface area (Å²) in [7, 11) is -3.42. The molecule has 1 aromatic rings. The van der Waals surface area contributed by atoms with E-state index in [1.807, 2.05) is 26.0 Å². The molecule has 0 radical (unpaired) electrons. The van der Waals surface area contributed by atoms with Crippen LogP contribution in [0, 0.1) is 25.7 Å². The van der Waals surface area contributed by atoms with Crippen LogP contribution in [0.25, 0.3) is 0 Å². The van der Waals surface area contributed by atoms with E-state index in [9.17, 15) is 8.42 Å². The summed E-state index contributed by atoms with van der Waals surface area (Å²) in [4.78, 5) is 0.419. The summed E-state index contributed by atoms with van der Waals surface area (Å²) in [6.07, 6.45) is 3.24. The first-order valence-corrected chi connectivity index (χ1v) is 8.89. The highest BCUT2D eigenvalue weighted by atomic mass is 32.2. The topological polar surface area (TPSA) is 46.2 Å². The first-order valence-electron chi connectivity index (χ1n) is 7.41. The maximum absolute atomic E-state index is 12.6. The van der Waals surface area contributed by atoms with Crippen molar-refractivity contribution >= 4 is 10.0 Å². The summed E-state index contributed by atoms with van der Waals surface area (Å²) in [5, 5.41) is 0. The molecule has 3 nitrogen and oxygen atoms in total. The van der Waals surface area contributed by atoms with Crippen molar-refractivity contribution in [3.8, 4) is 0 Å². The normalized spacial score (nSPS) is 27.5. The lowest BCUT2D eigenvalue weighted by Gasteiger charge is -2.34. The second kappa shape index (κ2) is 5.86. The number of nitrogens with one attached hydrogen (secondary N) is 1. The number of rotatable bonds is 3. The van der Waals surface area contributed by atoms with Crippen LogP contribution in [0.5, 0.6) is 0 Å². The summed E-state index contributed by atoms with van der Waals surface area (Å²) in [6, 6.07) is 5.63. The fraction of sp³-hybridized carbons (Fsp3) is 0.625. The molecule has 0 aliphatic heterocycles. The Morgan fingerprint density at radius 2 is 1.85 bits per heavy atom. The quantitative estimate of drug-likeness (QED) is 0.929. The second-order valence-electron chi connectivity index (χ2n) is 6.26. The van der Waals surface area contributed by atoms with Crippen molar-refractivity contribution in [1.29, 1.82) is 0 Å². The van der Waals surface area contributed by atoms with Gasteiger partial charge in [-0.25, -0.2) is 13.1 Å². The summed E-state index contributed by atoms with van der Waals surface area (Å²) >= 11 is 0. The van der Waals surface area contributed by atoms with Crippen molar-refractivity contribution < 1.29 is 8.42 Å². The van der Waals surface area contributed by atoms with E-state index in [-0.39, 0.29) is 6.04 Å². The van der Waals surface area contributed by atoms with Gasteiger partial charge in [-0.1, -0.05) is 38.8 Å². The Morgan fingerprint density at radius 1 is 1.15 bits per heavy atom. The predicted molar refractivity (Wildman–Crippen MR) is 82.2 cm³/mol. The minimum absolute atomic E-state index is 0.0589. The third-order valence-electron chi connectivity index (χ3n) is 4.65. The lowest BCUT2D eigenvalue weighted by molar-refractivity contribution is 0.227. The average Bonchev–Trinajstić information content (AvgIpc) is 2.37. The summed E-state index contributed by atoms with van der Waals surface area (Å²) in [5.41, 5.74) is 1.78. The smallest absolute Gasteiger partial charge is 0.208 e. The van der Waals surface area contributed by atoms with Crippen molar-refractivity contribution in [2.24, 2.45) is 11.8 Å². The van der Waals surface area contributed by atoms with Gasteiger partial charge in [-0.3, -0.25) is 0 Å². The Bertz CT molecular complexity index is 580. The molecule has 1 saturated carbocycles. The molecule has 112 valence electrons. The van der Waals surface area contributed by atoms with Crippen LogP contribution < -0.4 is 4.72 Å². The maximum Gasteiger partial charge on any atom is 0.241 e. The highest BCUT2D eigenvalue weighted by molar-refractivity contribution is 7.89. The molecule has 3 atom stereocenters. The maximum atomic E-state index is 12.6. The minimum atomic E-state index is -3.42. The van der Waals surface area contributed by atoms with Crippen molar-refractivity contribution in [2.45, 2.75) is 57.9 Å². The first-order chi connectivity index (χ1) is 9.31. The fourth-order valence-electron chi connectivity index (χ4n) is 3.01. The van der Waals surface area contributed by atoms with Crippen LogP contribution in [-0.4, -0.2) is 14.5 Å². The van der Waals surface area contributed by atoms with Crippen LogP contribution in [-0.2, 0) is 10.0 Å². The number of sulfonamides is 1. The molecule has 0 spiro atoms. The fourth-order valence-corrected chi connectivity index (χ4v) is 4.70. The van der Waals surface area contributed by atoms with E-state index < -0.39 is 10.0 Å². The molecule has 0 heterocycles. The molecule has 0 amide bonds. The summed E-state index contributed by atoms with van der Waals surface area (Å²) in [5.74, 6) is 0.971. The molecule has 1 aliphatic rings. The van der Waals surface area contributed by atoms with Gasteiger partial charge in [0, 0.05) is 6.04 Å². The van der Waals surface area contributed by atoms with E-state index in [2.05, 4.69) is 18.6 Å². The number of hydrogen-bond donors (Lipinski definition) is 1. The van der Waals surface area contributed by atoms with Gasteiger partial charge in [0.05, 0.1) is 4.90 Å². The number of aryl methyl sites for hydroxylation is 2. The molecule has 0 bridgehead atoms. The Hall–Kier alpha value is -0.870. The molecular weight excluding hydrogens is 270 g/mol. The molecule has 0 aromatic heterocycles. The van der Waals surface area contributed by atoms with Crippen LogP contribution in [0.1, 0.15) is 44.2 Å². The van der Waals surface area contributed by atoms with Crippen molar-refractivity contribution in [3.63, 3.8) is 0 Å². The summed E-state index contributed by atoms with van der Waals surface area (Å²) < 4.78 is 28.2. The lowest BCUT2D eigenvalue weighted by Crippen LogP contribution is -2.43. The zero-order valence-corrected chi connectivity index (χ0v) is 13.6. The van der Waals surface area contributed by atoms with E-state index in [0.717, 1.165) is 24.0 Å². The Kier molecular flexibility index (Phi) is 4.55. The zero-order chi connectivity index (χ0) is 14.9. The summed E-state index contributed by atoms with van der Waals surface area (Å²) in [6.45, 7) is 8.13. The first kappa shape index (κ1) is 15.5. The largest absolute Gasteiger partial charge is 0.241 e. The van der Waals surface area contributed by atoms with Gasteiger partial charge >= 0.3 is 0 Å². The molecule has 0 saturated heterocycles. The molecular formula is C16H25NO2S. The Balaban J connectivity index is 2.25. The predicted octanol–water partition coefficient (Wildman–Crippen LogP) is 3.41. The third-order valence-corrected chi connectivity index (χ3v) is 6.28. The van der Waals surface area contributed by atoms with E-state index in [1.54, 1.807) is 6.07 Å². The molecule has 0 unspecified atom stereocenters. The van der Waals surface area contributed by atoms with Gasteiger partial charge < -0.3 is 0 Å². The van der Waals surface area contributed by atoms with Crippen LogP contribution in [0.2, 0.25) is 0 Å². The van der Waals surface area contributed by atoms with E-state index in [1.165, 1.54) is 6.42 Å².